The van der Waals surface area contributed by atoms with Gasteiger partial charge < -0.3 is 18.3 Å². The molecule has 1 saturated heterocycles. The van der Waals surface area contributed by atoms with Gasteiger partial charge in [0.25, 0.3) is 0 Å². The molecule has 1 atom stereocenters. The lowest BCUT2D eigenvalue weighted by Crippen LogP contribution is -2.23. The summed E-state index contributed by atoms with van der Waals surface area (Å²) >= 11 is 0. The van der Waals surface area contributed by atoms with Gasteiger partial charge in [0.15, 0.2) is 0 Å². The molecule has 0 N–H and O–H groups in total. The molecule has 90 valence electrons. The second kappa shape index (κ2) is 6.60. The Labute approximate surface area is 94.3 Å². The first-order chi connectivity index (χ1) is 7.08. The van der Waals surface area contributed by atoms with Crippen LogP contribution in [0.5, 0.6) is 0 Å². The van der Waals surface area contributed by atoms with E-state index in [-0.39, 0.29) is 5.60 Å². The van der Waals surface area contributed by atoms with Gasteiger partial charge in [-0.1, -0.05) is 0 Å². The predicted octanol–water partition coefficient (Wildman–Crippen LogP) is 0.622. The fraction of sp³-hybridized carbons (Fsp3) is 1.00. The standard InChI is InChI=1S/C10H22O4Si/c1-10(2,3)14-15-13-6-4-5-11-7-9-8-12-9/h9H,4-8,15H2,1-3H3. The van der Waals surface area contributed by atoms with Gasteiger partial charge in [-0.2, -0.15) is 0 Å². The number of hydrogen-bond acceptors (Lipinski definition) is 4. The zero-order valence-corrected chi connectivity index (χ0v) is 11.4. The molecule has 0 radical (unpaired) electrons. The van der Waals surface area contributed by atoms with Crippen LogP contribution in [0.25, 0.3) is 0 Å². The molecule has 0 aromatic rings. The van der Waals surface area contributed by atoms with E-state index in [1.54, 1.807) is 0 Å². The van der Waals surface area contributed by atoms with Gasteiger partial charge in [-0.3, -0.25) is 0 Å². The lowest BCUT2D eigenvalue weighted by atomic mass is 10.2. The normalized spacial score (nSPS) is 21.4. The van der Waals surface area contributed by atoms with Gasteiger partial charge in [0.1, 0.15) is 6.10 Å². The van der Waals surface area contributed by atoms with Crippen LogP contribution < -0.4 is 0 Å². The van der Waals surface area contributed by atoms with Crippen molar-refractivity contribution in [3.05, 3.63) is 0 Å². The largest absolute Gasteiger partial charge is 0.399 e. The van der Waals surface area contributed by atoms with Gasteiger partial charge in [0.2, 0.25) is 0 Å². The van der Waals surface area contributed by atoms with Gasteiger partial charge >= 0.3 is 10.0 Å². The number of epoxide rings is 1. The fourth-order valence-electron chi connectivity index (χ4n) is 0.919. The number of ether oxygens (including phenoxy) is 2. The average molecular weight is 234 g/mol. The molecule has 15 heavy (non-hydrogen) atoms. The van der Waals surface area contributed by atoms with Crippen molar-refractivity contribution in [1.29, 1.82) is 0 Å². The molecule has 1 unspecified atom stereocenters. The third-order valence-electron chi connectivity index (χ3n) is 1.86. The SMILES string of the molecule is CC(C)(C)O[SiH2]OCCCOCC1CO1. The van der Waals surface area contributed by atoms with E-state index in [1.165, 1.54) is 0 Å². The molecule has 1 rings (SSSR count). The minimum absolute atomic E-state index is 0.0635. The Hall–Kier alpha value is 0.0569. The molecule has 0 spiro atoms. The van der Waals surface area contributed by atoms with Crippen LogP contribution in [-0.4, -0.2) is 48.1 Å². The Morgan fingerprint density at radius 1 is 1.33 bits per heavy atom. The van der Waals surface area contributed by atoms with E-state index in [0.29, 0.717) is 6.10 Å². The summed E-state index contributed by atoms with van der Waals surface area (Å²) in [7, 11) is -0.811. The highest BCUT2D eigenvalue weighted by atomic mass is 28.3. The Balaban J connectivity index is 1.72. The van der Waals surface area contributed by atoms with E-state index in [4.69, 9.17) is 18.3 Å². The summed E-state index contributed by atoms with van der Waals surface area (Å²) in [6, 6.07) is 0. The number of hydrogen-bond donors (Lipinski definition) is 0. The molecule has 0 bridgehead atoms. The molecule has 1 heterocycles. The summed E-state index contributed by atoms with van der Waals surface area (Å²) in [5.74, 6) is 0. The average Bonchev–Trinajstić information content (AvgIpc) is 2.91. The van der Waals surface area contributed by atoms with Crippen molar-refractivity contribution in [2.24, 2.45) is 0 Å². The molecular formula is C10H22O4Si. The van der Waals surface area contributed by atoms with Crippen LogP contribution in [0.1, 0.15) is 27.2 Å². The number of rotatable bonds is 8. The first-order valence-corrected chi connectivity index (χ1v) is 6.64. The first-order valence-electron chi connectivity index (χ1n) is 5.49. The summed E-state index contributed by atoms with van der Waals surface area (Å²) in [6.45, 7) is 9.22. The maximum absolute atomic E-state index is 5.54. The molecule has 0 aromatic carbocycles. The van der Waals surface area contributed by atoms with Crippen LogP contribution >= 0.6 is 0 Å². The van der Waals surface area contributed by atoms with Gasteiger partial charge in [-0.05, 0) is 27.2 Å². The Kier molecular flexibility index (Phi) is 5.77. The van der Waals surface area contributed by atoms with Crippen LogP contribution in [-0.2, 0) is 18.3 Å². The quantitative estimate of drug-likeness (QED) is 0.351. The van der Waals surface area contributed by atoms with Gasteiger partial charge in [0.05, 0.1) is 13.2 Å². The van der Waals surface area contributed by atoms with Crippen LogP contribution in [0, 0.1) is 0 Å². The maximum atomic E-state index is 5.54. The second-order valence-corrected chi connectivity index (χ2v) is 5.60. The smallest absolute Gasteiger partial charge is 0.304 e. The third-order valence-corrected chi connectivity index (χ3v) is 3.30. The fourth-order valence-corrected chi connectivity index (χ4v) is 1.68. The molecule has 0 aliphatic carbocycles. The summed E-state index contributed by atoms with van der Waals surface area (Å²) in [4.78, 5) is 0. The van der Waals surface area contributed by atoms with Crippen LogP contribution in [0.3, 0.4) is 0 Å². The summed E-state index contributed by atoms with van der Waals surface area (Å²) in [6.07, 6.45) is 1.30. The molecule has 5 heteroatoms. The van der Waals surface area contributed by atoms with Crippen molar-refractivity contribution in [3.63, 3.8) is 0 Å². The molecule has 0 amide bonds. The Morgan fingerprint density at radius 2 is 2.07 bits per heavy atom. The molecule has 0 saturated carbocycles. The molecule has 0 aromatic heterocycles. The molecule has 4 nitrogen and oxygen atoms in total. The van der Waals surface area contributed by atoms with Crippen molar-refractivity contribution in [2.75, 3.05) is 26.4 Å². The zero-order valence-electron chi connectivity index (χ0n) is 9.95. The highest BCUT2D eigenvalue weighted by Crippen LogP contribution is 2.08. The lowest BCUT2D eigenvalue weighted by Gasteiger charge is -2.19. The van der Waals surface area contributed by atoms with E-state index >= 15 is 0 Å². The first kappa shape index (κ1) is 13.1. The molecule has 1 aliphatic rings. The van der Waals surface area contributed by atoms with E-state index in [2.05, 4.69) is 0 Å². The van der Waals surface area contributed by atoms with E-state index < -0.39 is 10.0 Å². The highest BCUT2D eigenvalue weighted by molar-refractivity contribution is 6.18. The monoisotopic (exact) mass is 234 g/mol. The van der Waals surface area contributed by atoms with Crippen molar-refractivity contribution in [3.8, 4) is 0 Å². The highest BCUT2D eigenvalue weighted by Gasteiger charge is 2.21. The van der Waals surface area contributed by atoms with Crippen molar-refractivity contribution in [1.82, 2.24) is 0 Å². The topological polar surface area (TPSA) is 40.2 Å². The van der Waals surface area contributed by atoms with Crippen LogP contribution in [0.2, 0.25) is 0 Å². The maximum Gasteiger partial charge on any atom is 0.304 e. The zero-order chi connectivity index (χ0) is 11.1. The van der Waals surface area contributed by atoms with Gasteiger partial charge in [-0.15, -0.1) is 0 Å². The molecular weight excluding hydrogens is 212 g/mol. The minimum Gasteiger partial charge on any atom is -0.399 e. The van der Waals surface area contributed by atoms with E-state index in [0.717, 1.165) is 32.8 Å². The molecule has 1 aliphatic heterocycles. The third kappa shape index (κ3) is 9.01. The Morgan fingerprint density at radius 3 is 2.67 bits per heavy atom. The van der Waals surface area contributed by atoms with E-state index in [1.807, 2.05) is 20.8 Å². The summed E-state index contributed by atoms with van der Waals surface area (Å²) < 4.78 is 21.4. The van der Waals surface area contributed by atoms with Crippen molar-refractivity contribution >= 4 is 10.0 Å². The summed E-state index contributed by atoms with van der Waals surface area (Å²) in [5, 5.41) is 0. The Bertz CT molecular complexity index is 165. The van der Waals surface area contributed by atoms with E-state index in [9.17, 15) is 0 Å². The second-order valence-electron chi connectivity index (χ2n) is 4.67. The van der Waals surface area contributed by atoms with Gasteiger partial charge in [0, 0.05) is 18.8 Å². The summed E-state index contributed by atoms with van der Waals surface area (Å²) in [5.41, 5.74) is -0.0635. The minimum atomic E-state index is -0.811. The van der Waals surface area contributed by atoms with Crippen molar-refractivity contribution < 1.29 is 18.3 Å². The van der Waals surface area contributed by atoms with Crippen molar-refractivity contribution in [2.45, 2.75) is 38.9 Å². The van der Waals surface area contributed by atoms with Gasteiger partial charge in [-0.25, -0.2) is 0 Å². The lowest BCUT2D eigenvalue weighted by molar-refractivity contribution is 0.0819. The van der Waals surface area contributed by atoms with Crippen LogP contribution in [0.15, 0.2) is 0 Å². The van der Waals surface area contributed by atoms with Crippen LogP contribution in [0.4, 0.5) is 0 Å². The predicted molar refractivity (Wildman–Crippen MR) is 60.5 cm³/mol. The molecule has 1 fully saturated rings.